The topological polar surface area (TPSA) is 205 Å². The van der Waals surface area contributed by atoms with E-state index in [4.69, 9.17) is 31.9 Å². The van der Waals surface area contributed by atoms with Crippen molar-refractivity contribution in [2.45, 2.75) is 25.8 Å². The van der Waals surface area contributed by atoms with E-state index in [1.54, 1.807) is 42.5 Å². The molecule has 0 fully saturated rings. The highest BCUT2D eigenvalue weighted by Gasteiger charge is 2.18. The number of primary amides is 1. The fourth-order valence-electron chi connectivity index (χ4n) is 3.26. The third-order valence-electron chi connectivity index (χ3n) is 4.91. The number of pyridine rings is 1. The molecule has 3 rings (SSSR count). The Kier molecular flexibility index (Phi) is 9.93. The van der Waals surface area contributed by atoms with Crippen LogP contribution in [0.4, 0.5) is 16.2 Å². The molecule has 1 atom stereocenters. The predicted molar refractivity (Wildman–Crippen MR) is 137 cm³/mol. The lowest BCUT2D eigenvalue weighted by Crippen LogP contribution is -2.34. The van der Waals surface area contributed by atoms with Gasteiger partial charge in [-0.3, -0.25) is 20.0 Å². The molecule has 9 N–H and O–H groups in total. The Morgan fingerprint density at radius 3 is 2.22 bits per heavy atom. The van der Waals surface area contributed by atoms with Crippen LogP contribution in [0.5, 0.6) is 0 Å². The molecule has 2 amide bonds. The fraction of sp³-hybridized carbons (Fsp3) is 0.160. The van der Waals surface area contributed by atoms with Gasteiger partial charge in [-0.25, -0.2) is 4.79 Å². The first-order chi connectivity index (χ1) is 17.1. The van der Waals surface area contributed by atoms with Gasteiger partial charge in [-0.2, -0.15) is 0 Å². The van der Waals surface area contributed by atoms with E-state index in [0.717, 1.165) is 23.2 Å². The van der Waals surface area contributed by atoms with E-state index < -0.39 is 18.1 Å². The first-order valence-corrected chi connectivity index (χ1v) is 10.9. The zero-order valence-corrected chi connectivity index (χ0v) is 19.6. The van der Waals surface area contributed by atoms with E-state index in [1.807, 2.05) is 25.1 Å². The molecular weight excluding hydrogens is 464 g/mol. The lowest BCUT2D eigenvalue weighted by atomic mass is 10.1. The number of nitrogens with two attached hydrogens (primary N) is 2. The lowest BCUT2D eigenvalue weighted by molar-refractivity contribution is -0.117. The maximum absolute atomic E-state index is 12.9. The number of carbonyl (C=O) groups is 3. The highest BCUT2D eigenvalue weighted by molar-refractivity contribution is 5.98. The minimum Gasteiger partial charge on any atom is -0.450 e. The summed E-state index contributed by atoms with van der Waals surface area (Å²) < 4.78 is 0. The average Bonchev–Trinajstić information content (AvgIpc) is 2.84. The standard InChI is InChI=1S/C24H26N6O2.CH2O3/c1-2-4-20(29-19-6-3-5-17(13-19)22(25)26)24(32)30-18-9-7-15(8-10-18)16-11-12-28-21(14-16)23(27)31;2-1(3)4/h3,5-14,20,29H,2,4H2,1H3,(H3,25,26)(H2,27,31)(H,30,32);(H2,2,3,4)/t20-;/m0./s1. The smallest absolute Gasteiger partial charge is 0.450 e. The van der Waals surface area contributed by atoms with Crippen molar-refractivity contribution in [1.82, 2.24) is 4.98 Å². The molecule has 0 aliphatic heterocycles. The number of hydrogen-bond donors (Lipinski definition) is 7. The number of nitrogens with zero attached hydrogens (tertiary/aromatic N) is 1. The van der Waals surface area contributed by atoms with Crippen molar-refractivity contribution in [3.63, 3.8) is 0 Å². The molecule has 0 unspecified atom stereocenters. The summed E-state index contributed by atoms with van der Waals surface area (Å²) in [6, 6.07) is 17.4. The van der Waals surface area contributed by atoms with Gasteiger partial charge in [0.25, 0.3) is 5.91 Å². The fourth-order valence-corrected chi connectivity index (χ4v) is 3.26. The van der Waals surface area contributed by atoms with E-state index in [-0.39, 0.29) is 17.4 Å². The molecule has 0 aliphatic carbocycles. The van der Waals surface area contributed by atoms with Crippen LogP contribution in [0.1, 0.15) is 35.8 Å². The van der Waals surface area contributed by atoms with Gasteiger partial charge in [0.15, 0.2) is 0 Å². The second kappa shape index (κ2) is 13.1. The normalized spacial score (nSPS) is 10.8. The largest absolute Gasteiger partial charge is 0.503 e. The van der Waals surface area contributed by atoms with Crippen LogP contribution in [-0.4, -0.2) is 45.0 Å². The van der Waals surface area contributed by atoms with Crippen LogP contribution in [0.2, 0.25) is 0 Å². The average molecular weight is 493 g/mol. The van der Waals surface area contributed by atoms with Crippen molar-refractivity contribution in [2.75, 3.05) is 10.6 Å². The molecule has 1 heterocycles. The summed E-state index contributed by atoms with van der Waals surface area (Å²) in [5.74, 6) is -0.769. The van der Waals surface area contributed by atoms with Crippen LogP contribution >= 0.6 is 0 Å². The molecule has 2 aromatic carbocycles. The van der Waals surface area contributed by atoms with Crippen LogP contribution in [0, 0.1) is 5.41 Å². The molecule has 3 aromatic rings. The molecule has 188 valence electrons. The Hall–Kier alpha value is -4.93. The van der Waals surface area contributed by atoms with Gasteiger partial charge in [0, 0.05) is 23.1 Å². The number of amidine groups is 1. The van der Waals surface area contributed by atoms with E-state index in [1.165, 1.54) is 6.20 Å². The number of carboxylic acid groups (broad SMARTS) is 2. The molecule has 0 saturated heterocycles. The molecule has 36 heavy (non-hydrogen) atoms. The number of nitrogen functional groups attached to an aromatic ring is 1. The maximum atomic E-state index is 12.9. The first kappa shape index (κ1) is 27.3. The molecule has 0 aliphatic rings. The van der Waals surface area contributed by atoms with E-state index >= 15 is 0 Å². The number of benzene rings is 2. The monoisotopic (exact) mass is 492 g/mol. The van der Waals surface area contributed by atoms with Crippen LogP contribution in [0.15, 0.2) is 66.9 Å². The van der Waals surface area contributed by atoms with Crippen molar-refractivity contribution in [3.8, 4) is 11.1 Å². The molecule has 11 heteroatoms. The number of aromatic nitrogens is 1. The Balaban J connectivity index is 0.00000106. The summed E-state index contributed by atoms with van der Waals surface area (Å²) in [4.78, 5) is 36.8. The van der Waals surface area contributed by atoms with Gasteiger partial charge >= 0.3 is 6.16 Å². The van der Waals surface area contributed by atoms with Crippen LogP contribution in [-0.2, 0) is 4.79 Å². The zero-order chi connectivity index (χ0) is 26.7. The van der Waals surface area contributed by atoms with Gasteiger partial charge in [-0.15, -0.1) is 0 Å². The van der Waals surface area contributed by atoms with Gasteiger partial charge in [-0.1, -0.05) is 37.6 Å². The van der Waals surface area contributed by atoms with Crippen LogP contribution < -0.4 is 22.1 Å². The number of anilines is 2. The van der Waals surface area contributed by atoms with Gasteiger partial charge < -0.3 is 32.3 Å². The molecule has 0 radical (unpaired) electrons. The van der Waals surface area contributed by atoms with Gasteiger partial charge in [-0.05, 0) is 53.9 Å². The molecular formula is C25H28N6O5. The summed E-state index contributed by atoms with van der Waals surface area (Å²) in [5, 5.41) is 27.7. The second-order valence-electron chi connectivity index (χ2n) is 7.62. The third kappa shape index (κ3) is 8.45. The minimum atomic E-state index is -1.83. The van der Waals surface area contributed by atoms with E-state index in [2.05, 4.69) is 15.6 Å². The first-order valence-electron chi connectivity index (χ1n) is 10.9. The second-order valence-corrected chi connectivity index (χ2v) is 7.62. The maximum Gasteiger partial charge on any atom is 0.503 e. The number of amides is 2. The quantitative estimate of drug-likeness (QED) is 0.173. The minimum absolute atomic E-state index is 0.0256. The summed E-state index contributed by atoms with van der Waals surface area (Å²) in [6.07, 6.45) is 1.16. The van der Waals surface area contributed by atoms with Crippen molar-refractivity contribution >= 4 is 35.2 Å². The van der Waals surface area contributed by atoms with Gasteiger partial charge in [0.1, 0.15) is 17.6 Å². The summed E-state index contributed by atoms with van der Waals surface area (Å²) in [7, 11) is 0. The Morgan fingerprint density at radius 1 is 0.972 bits per heavy atom. The number of carbonyl (C=O) groups excluding carboxylic acids is 2. The lowest BCUT2D eigenvalue weighted by Gasteiger charge is -2.19. The molecule has 11 nitrogen and oxygen atoms in total. The zero-order valence-electron chi connectivity index (χ0n) is 19.6. The Bertz CT molecular complexity index is 1230. The Morgan fingerprint density at radius 2 is 1.64 bits per heavy atom. The third-order valence-corrected chi connectivity index (χ3v) is 4.91. The number of rotatable bonds is 9. The summed E-state index contributed by atoms with van der Waals surface area (Å²) in [6.45, 7) is 2.01. The van der Waals surface area contributed by atoms with E-state index in [9.17, 15) is 9.59 Å². The number of nitrogens with one attached hydrogen (secondary N) is 3. The van der Waals surface area contributed by atoms with Crippen molar-refractivity contribution < 1.29 is 24.6 Å². The van der Waals surface area contributed by atoms with Crippen molar-refractivity contribution in [2.24, 2.45) is 11.5 Å². The highest BCUT2D eigenvalue weighted by Crippen LogP contribution is 2.22. The highest BCUT2D eigenvalue weighted by atomic mass is 16.6. The molecule has 0 spiro atoms. The Labute approximate surface area is 207 Å². The van der Waals surface area contributed by atoms with Gasteiger partial charge in [0.2, 0.25) is 5.91 Å². The number of hydrogen-bond acceptors (Lipinski definition) is 6. The van der Waals surface area contributed by atoms with E-state index in [0.29, 0.717) is 17.7 Å². The molecule has 1 aromatic heterocycles. The van der Waals surface area contributed by atoms with Crippen molar-refractivity contribution in [3.05, 3.63) is 78.1 Å². The van der Waals surface area contributed by atoms with Crippen molar-refractivity contribution in [1.29, 1.82) is 5.41 Å². The van der Waals surface area contributed by atoms with Crippen LogP contribution in [0.3, 0.4) is 0 Å². The summed E-state index contributed by atoms with van der Waals surface area (Å²) >= 11 is 0. The summed E-state index contributed by atoms with van der Waals surface area (Å²) in [5.41, 5.74) is 14.7. The SMILES string of the molecule is CCC[C@H](Nc1cccc(C(=N)N)c1)C(=O)Nc1ccc(-c2ccnc(C(N)=O)c2)cc1.O=C(O)O. The molecule has 0 bridgehead atoms. The molecule has 0 saturated carbocycles. The predicted octanol–water partition coefficient (Wildman–Crippen LogP) is 3.57. The van der Waals surface area contributed by atoms with Gasteiger partial charge in [0.05, 0.1) is 0 Å². The van der Waals surface area contributed by atoms with Crippen LogP contribution in [0.25, 0.3) is 11.1 Å².